The van der Waals surface area contributed by atoms with E-state index in [1.165, 1.54) is 0 Å². The molecule has 3 N–H and O–H groups in total. The van der Waals surface area contributed by atoms with Crippen LogP contribution in [0.2, 0.25) is 0 Å². The first-order valence-corrected chi connectivity index (χ1v) is 4.21. The lowest BCUT2D eigenvalue weighted by Crippen LogP contribution is -2.16. The molecule has 0 radical (unpaired) electrons. The summed E-state index contributed by atoms with van der Waals surface area (Å²) in [6.45, 7) is 0.800. The molecule has 0 unspecified atom stereocenters. The number of hydrogen-bond donors (Lipinski definition) is 2. The van der Waals surface area contributed by atoms with Gasteiger partial charge in [0, 0.05) is 12.7 Å². The first-order valence-electron chi connectivity index (χ1n) is 4.21. The van der Waals surface area contributed by atoms with Gasteiger partial charge in [-0.2, -0.15) is 0 Å². The zero-order valence-corrected chi connectivity index (χ0v) is 8.31. The van der Waals surface area contributed by atoms with Gasteiger partial charge in [0.15, 0.2) is 5.84 Å². The second-order valence-electron chi connectivity index (χ2n) is 3.27. The van der Waals surface area contributed by atoms with Crippen molar-refractivity contribution >= 4 is 5.84 Å². The van der Waals surface area contributed by atoms with Crippen molar-refractivity contribution in [3.63, 3.8) is 0 Å². The molecule has 0 saturated heterocycles. The molecule has 14 heavy (non-hydrogen) atoms. The third-order valence-corrected chi connectivity index (χ3v) is 1.69. The Morgan fingerprint density at radius 2 is 2.36 bits per heavy atom. The van der Waals surface area contributed by atoms with Gasteiger partial charge in [0.1, 0.15) is 5.69 Å². The van der Waals surface area contributed by atoms with Gasteiger partial charge in [-0.1, -0.05) is 5.16 Å². The van der Waals surface area contributed by atoms with E-state index < -0.39 is 0 Å². The molecule has 0 amide bonds. The van der Waals surface area contributed by atoms with Gasteiger partial charge in [-0.15, -0.1) is 0 Å². The molecule has 76 valence electrons. The van der Waals surface area contributed by atoms with Crippen LogP contribution in [0.15, 0.2) is 23.5 Å². The van der Waals surface area contributed by atoms with E-state index in [1.807, 2.05) is 25.1 Å². The molecule has 0 spiro atoms. The van der Waals surface area contributed by atoms with Crippen LogP contribution < -0.4 is 5.73 Å². The van der Waals surface area contributed by atoms with Crippen LogP contribution in [0.1, 0.15) is 11.3 Å². The summed E-state index contributed by atoms with van der Waals surface area (Å²) in [4.78, 5) is 6.02. The second-order valence-corrected chi connectivity index (χ2v) is 3.27. The molecule has 0 aliphatic carbocycles. The molecule has 0 aliphatic heterocycles. The topological polar surface area (TPSA) is 74.7 Å². The molecular formula is C9H14N4O. The summed E-state index contributed by atoms with van der Waals surface area (Å²) in [5.41, 5.74) is 6.99. The van der Waals surface area contributed by atoms with Gasteiger partial charge in [0.05, 0.1) is 0 Å². The Balaban J connectivity index is 2.90. The number of nitrogens with zero attached hydrogens (tertiary/aromatic N) is 3. The minimum atomic E-state index is 0.0330. The van der Waals surface area contributed by atoms with Crippen LogP contribution in [0, 0.1) is 0 Å². The summed E-state index contributed by atoms with van der Waals surface area (Å²) in [6, 6.07) is 3.70. The largest absolute Gasteiger partial charge is 0.409 e. The molecule has 0 aromatic carbocycles. The van der Waals surface area contributed by atoms with Crippen molar-refractivity contribution in [1.29, 1.82) is 0 Å². The third-order valence-electron chi connectivity index (χ3n) is 1.69. The Morgan fingerprint density at radius 3 is 2.93 bits per heavy atom. The van der Waals surface area contributed by atoms with Gasteiger partial charge in [0.2, 0.25) is 0 Å². The highest BCUT2D eigenvalue weighted by Crippen LogP contribution is 2.03. The fourth-order valence-electron chi connectivity index (χ4n) is 1.13. The van der Waals surface area contributed by atoms with E-state index in [-0.39, 0.29) is 5.84 Å². The number of rotatable bonds is 3. The summed E-state index contributed by atoms with van der Waals surface area (Å²) in [6.07, 6.45) is 1.65. The van der Waals surface area contributed by atoms with E-state index in [1.54, 1.807) is 12.3 Å². The van der Waals surface area contributed by atoms with Gasteiger partial charge in [0.25, 0.3) is 0 Å². The van der Waals surface area contributed by atoms with Crippen LogP contribution in [0.4, 0.5) is 0 Å². The maximum atomic E-state index is 8.47. The van der Waals surface area contributed by atoms with Crippen LogP contribution in [0.5, 0.6) is 0 Å². The first kappa shape index (κ1) is 10.5. The van der Waals surface area contributed by atoms with E-state index in [9.17, 15) is 0 Å². The lowest BCUT2D eigenvalue weighted by Gasteiger charge is -2.09. The van der Waals surface area contributed by atoms with Gasteiger partial charge in [-0.05, 0) is 31.8 Å². The molecule has 0 saturated carbocycles. The summed E-state index contributed by atoms with van der Waals surface area (Å²) in [5.74, 6) is 0.0330. The van der Waals surface area contributed by atoms with Crippen LogP contribution in [-0.2, 0) is 6.54 Å². The lowest BCUT2D eigenvalue weighted by molar-refractivity contribution is 0.318. The first-order chi connectivity index (χ1) is 6.63. The highest BCUT2D eigenvalue weighted by atomic mass is 16.4. The molecule has 1 rings (SSSR count). The third kappa shape index (κ3) is 2.70. The molecular weight excluding hydrogens is 180 g/mol. The summed E-state index contributed by atoms with van der Waals surface area (Å²) in [7, 11) is 3.95. The normalized spacial score (nSPS) is 12.1. The summed E-state index contributed by atoms with van der Waals surface area (Å²) in [5, 5.41) is 11.4. The smallest absolute Gasteiger partial charge is 0.188 e. The van der Waals surface area contributed by atoms with E-state index in [2.05, 4.69) is 10.1 Å². The number of hydrogen-bond acceptors (Lipinski definition) is 4. The highest BCUT2D eigenvalue weighted by molar-refractivity contribution is 5.95. The maximum Gasteiger partial charge on any atom is 0.188 e. The molecule has 1 aromatic heterocycles. The van der Waals surface area contributed by atoms with E-state index in [0.717, 1.165) is 12.1 Å². The molecule has 0 bridgehead atoms. The fraction of sp³-hybridized carbons (Fsp3) is 0.333. The monoisotopic (exact) mass is 194 g/mol. The number of aromatic nitrogens is 1. The summed E-state index contributed by atoms with van der Waals surface area (Å²) < 4.78 is 0. The van der Waals surface area contributed by atoms with Gasteiger partial charge in [-0.3, -0.25) is 4.98 Å². The minimum absolute atomic E-state index is 0.0330. The number of amidine groups is 1. The number of oxime groups is 1. The van der Waals surface area contributed by atoms with E-state index >= 15 is 0 Å². The molecule has 0 aliphatic rings. The van der Waals surface area contributed by atoms with Gasteiger partial charge in [-0.25, -0.2) is 0 Å². The van der Waals surface area contributed by atoms with Crippen LogP contribution in [-0.4, -0.2) is 35.0 Å². The van der Waals surface area contributed by atoms with Crippen molar-refractivity contribution in [2.45, 2.75) is 6.54 Å². The van der Waals surface area contributed by atoms with Crippen LogP contribution in [0.25, 0.3) is 0 Å². The van der Waals surface area contributed by atoms with Crippen molar-refractivity contribution < 1.29 is 5.21 Å². The highest BCUT2D eigenvalue weighted by Gasteiger charge is 2.02. The molecule has 1 heterocycles. The molecule has 5 heteroatoms. The predicted molar refractivity (Wildman–Crippen MR) is 54.1 cm³/mol. The Labute approximate surface area is 82.9 Å². The summed E-state index contributed by atoms with van der Waals surface area (Å²) >= 11 is 0. The molecule has 0 fully saturated rings. The SMILES string of the molecule is CN(C)Cc1ccnc(C(N)=NO)c1. The van der Waals surface area contributed by atoms with Crippen LogP contribution >= 0.6 is 0 Å². The zero-order chi connectivity index (χ0) is 10.6. The zero-order valence-electron chi connectivity index (χ0n) is 8.31. The Morgan fingerprint density at radius 1 is 1.64 bits per heavy atom. The quantitative estimate of drug-likeness (QED) is 0.313. The van der Waals surface area contributed by atoms with E-state index in [4.69, 9.17) is 10.9 Å². The standard InChI is InChI=1S/C9H14N4O/c1-13(2)6-7-3-4-11-8(5-7)9(10)12-14/h3-5,14H,6H2,1-2H3,(H2,10,12). The molecule has 0 atom stereocenters. The number of pyridine rings is 1. The van der Waals surface area contributed by atoms with Crippen molar-refractivity contribution in [2.24, 2.45) is 10.9 Å². The predicted octanol–water partition coefficient (Wildman–Crippen LogP) is 0.238. The Kier molecular flexibility index (Phi) is 3.41. The van der Waals surface area contributed by atoms with Gasteiger partial charge >= 0.3 is 0 Å². The van der Waals surface area contributed by atoms with Crippen molar-refractivity contribution in [3.8, 4) is 0 Å². The molecule has 5 nitrogen and oxygen atoms in total. The average Bonchev–Trinajstić information content (AvgIpc) is 2.16. The maximum absolute atomic E-state index is 8.47. The fourth-order valence-corrected chi connectivity index (χ4v) is 1.13. The van der Waals surface area contributed by atoms with Crippen LogP contribution in [0.3, 0.4) is 0 Å². The minimum Gasteiger partial charge on any atom is -0.409 e. The second kappa shape index (κ2) is 4.57. The Bertz CT molecular complexity index is 335. The van der Waals surface area contributed by atoms with E-state index in [0.29, 0.717) is 5.69 Å². The van der Waals surface area contributed by atoms with Crippen molar-refractivity contribution in [2.75, 3.05) is 14.1 Å². The average molecular weight is 194 g/mol. The van der Waals surface area contributed by atoms with Gasteiger partial charge < -0.3 is 15.8 Å². The van der Waals surface area contributed by atoms with Crippen molar-refractivity contribution in [1.82, 2.24) is 9.88 Å². The Hall–Kier alpha value is -1.62. The number of nitrogens with two attached hydrogens (primary N) is 1. The lowest BCUT2D eigenvalue weighted by atomic mass is 10.2. The van der Waals surface area contributed by atoms with Crippen molar-refractivity contribution in [3.05, 3.63) is 29.6 Å². The molecule has 1 aromatic rings.